The number of benzene rings is 2. The number of halogens is 1. The molecule has 3 aromatic rings. The third-order valence-corrected chi connectivity index (χ3v) is 8.90. The molecule has 0 aliphatic carbocycles. The van der Waals surface area contributed by atoms with E-state index in [4.69, 9.17) is 16.3 Å². The highest BCUT2D eigenvalue weighted by atomic mass is 35.5. The Balaban J connectivity index is 1.35. The molecule has 3 heterocycles. The molecule has 2 saturated heterocycles. The van der Waals surface area contributed by atoms with Crippen LogP contribution in [-0.4, -0.2) is 104 Å². The summed E-state index contributed by atoms with van der Waals surface area (Å²) >= 11 is 6.57. The highest BCUT2D eigenvalue weighted by Gasteiger charge is 2.23. The third kappa shape index (κ3) is 7.79. The van der Waals surface area contributed by atoms with Crippen LogP contribution < -0.4 is 30.1 Å². The van der Waals surface area contributed by atoms with Gasteiger partial charge in [-0.3, -0.25) is 14.4 Å². The van der Waals surface area contributed by atoms with E-state index in [9.17, 15) is 14.4 Å². The van der Waals surface area contributed by atoms with Gasteiger partial charge in [0.1, 0.15) is 10.8 Å². The Kier molecular flexibility index (Phi) is 10.5. The number of piperazine rings is 2. The highest BCUT2D eigenvalue weighted by molar-refractivity contribution is 6.33. The van der Waals surface area contributed by atoms with Crippen molar-refractivity contribution in [1.82, 2.24) is 19.8 Å². The van der Waals surface area contributed by atoms with Crippen molar-refractivity contribution < 1.29 is 19.1 Å². The summed E-state index contributed by atoms with van der Waals surface area (Å²) in [6.07, 6.45) is 1.85. The van der Waals surface area contributed by atoms with Crippen LogP contribution in [0.3, 0.4) is 0 Å². The van der Waals surface area contributed by atoms with Gasteiger partial charge in [-0.05, 0) is 30.3 Å². The molecule has 2 N–H and O–H groups in total. The molecule has 3 amide bonds. The summed E-state index contributed by atoms with van der Waals surface area (Å²) < 4.78 is 5.70. The maximum atomic E-state index is 12.8. The average molecular weight is 664 g/mol. The van der Waals surface area contributed by atoms with Crippen molar-refractivity contribution in [3.05, 3.63) is 47.6 Å². The summed E-state index contributed by atoms with van der Waals surface area (Å²) in [5, 5.41) is 6.87. The molecule has 2 fully saturated rings. The number of nitrogens with zero attached hydrogens (tertiary/aromatic N) is 7. The normalized spacial score (nSPS) is 14.9. The number of rotatable bonds is 9. The number of aromatic nitrogens is 2. The van der Waals surface area contributed by atoms with Crippen molar-refractivity contribution >= 4 is 69.5 Å². The first-order valence-corrected chi connectivity index (χ1v) is 16.1. The molecule has 2 aliphatic rings. The van der Waals surface area contributed by atoms with Crippen LogP contribution in [0.1, 0.15) is 27.2 Å². The van der Waals surface area contributed by atoms with Gasteiger partial charge in [0.2, 0.25) is 23.7 Å². The zero-order valence-electron chi connectivity index (χ0n) is 27.5. The summed E-state index contributed by atoms with van der Waals surface area (Å²) in [5.41, 5.74) is 3.96. The summed E-state index contributed by atoms with van der Waals surface area (Å²) in [6, 6.07) is 11.7. The summed E-state index contributed by atoms with van der Waals surface area (Å²) in [7, 11) is 3.35. The first-order chi connectivity index (χ1) is 22.6. The Morgan fingerprint density at radius 3 is 1.94 bits per heavy atom. The molecule has 2 aromatic carbocycles. The van der Waals surface area contributed by atoms with Gasteiger partial charge in [-0.1, -0.05) is 18.5 Å². The first kappa shape index (κ1) is 33.6. The minimum absolute atomic E-state index is 0.0426. The standard InChI is InChI=1S/C33H42ClN9O4/c1-6-31(46)39(4)29-19-24(42-15-11-40(12-16-42)22(2)44)7-9-27(29)36-32-26(34)21-35-33(38-32)37-28-10-8-25(20-30(28)47-5)43-17-13-41(14-18-43)23(3)45/h7-10,19-21H,6,11-18H2,1-5H3,(H2,35,36,37,38). The minimum atomic E-state index is -0.0426. The fraction of sp³-hybridized carbons (Fsp3) is 0.424. The Morgan fingerprint density at radius 1 is 0.851 bits per heavy atom. The zero-order valence-corrected chi connectivity index (χ0v) is 28.3. The van der Waals surface area contributed by atoms with Crippen LogP contribution in [0.5, 0.6) is 5.75 Å². The monoisotopic (exact) mass is 663 g/mol. The maximum Gasteiger partial charge on any atom is 0.229 e. The Bertz CT molecular complexity index is 1620. The lowest BCUT2D eigenvalue weighted by Gasteiger charge is -2.36. The molecule has 47 heavy (non-hydrogen) atoms. The van der Waals surface area contributed by atoms with E-state index in [1.807, 2.05) is 53.1 Å². The number of carbonyl (C=O) groups excluding carboxylic acids is 3. The van der Waals surface area contributed by atoms with Crippen LogP contribution in [-0.2, 0) is 14.4 Å². The van der Waals surface area contributed by atoms with Crippen molar-refractivity contribution in [3.8, 4) is 5.75 Å². The van der Waals surface area contributed by atoms with E-state index < -0.39 is 0 Å². The molecule has 5 rings (SSSR count). The van der Waals surface area contributed by atoms with Gasteiger partial charge in [0.25, 0.3) is 0 Å². The van der Waals surface area contributed by atoms with Gasteiger partial charge in [0, 0.05) is 97.1 Å². The van der Waals surface area contributed by atoms with E-state index in [0.29, 0.717) is 85.3 Å². The molecule has 0 radical (unpaired) electrons. The van der Waals surface area contributed by atoms with Gasteiger partial charge in [-0.15, -0.1) is 0 Å². The van der Waals surface area contributed by atoms with Crippen molar-refractivity contribution in [2.24, 2.45) is 0 Å². The summed E-state index contributed by atoms with van der Waals surface area (Å²) in [6.45, 7) is 10.5. The molecule has 0 unspecified atom stereocenters. The van der Waals surface area contributed by atoms with Crippen molar-refractivity contribution in [2.45, 2.75) is 27.2 Å². The molecule has 0 atom stereocenters. The SMILES string of the molecule is CCC(=O)N(C)c1cc(N2CCN(C(C)=O)CC2)ccc1Nc1nc(Nc2ccc(N3CCN(C(C)=O)CC3)cc2OC)ncc1Cl. The van der Waals surface area contributed by atoms with Crippen molar-refractivity contribution in [3.63, 3.8) is 0 Å². The summed E-state index contributed by atoms with van der Waals surface area (Å²) in [4.78, 5) is 55.1. The van der Waals surface area contributed by atoms with Crippen LogP contribution in [0.4, 0.5) is 40.2 Å². The largest absolute Gasteiger partial charge is 0.494 e. The molecule has 1 aromatic heterocycles. The number of hydrogen-bond acceptors (Lipinski definition) is 10. The molecule has 14 heteroatoms. The Hall–Kier alpha value is -4.78. The fourth-order valence-electron chi connectivity index (χ4n) is 5.77. The lowest BCUT2D eigenvalue weighted by Crippen LogP contribution is -2.48. The van der Waals surface area contributed by atoms with Crippen LogP contribution in [0, 0.1) is 0 Å². The lowest BCUT2D eigenvalue weighted by molar-refractivity contribution is -0.129. The van der Waals surface area contributed by atoms with Gasteiger partial charge in [0.15, 0.2) is 5.82 Å². The predicted octanol–water partition coefficient (Wildman–Crippen LogP) is 4.34. The maximum absolute atomic E-state index is 12.8. The van der Waals surface area contributed by atoms with Crippen molar-refractivity contribution in [2.75, 3.05) is 91.8 Å². The number of nitrogens with one attached hydrogen (secondary N) is 2. The van der Waals surface area contributed by atoms with E-state index in [1.54, 1.807) is 32.9 Å². The molecular weight excluding hydrogens is 622 g/mol. The Morgan fingerprint density at radius 2 is 1.40 bits per heavy atom. The van der Waals surface area contributed by atoms with Crippen LogP contribution in [0.15, 0.2) is 42.6 Å². The number of ether oxygens (including phenoxy) is 1. The first-order valence-electron chi connectivity index (χ1n) is 15.7. The average Bonchev–Trinajstić information content (AvgIpc) is 3.09. The summed E-state index contributed by atoms with van der Waals surface area (Å²) in [5.74, 6) is 1.41. The van der Waals surface area contributed by atoms with Crippen molar-refractivity contribution in [1.29, 1.82) is 0 Å². The molecular formula is C33H42ClN9O4. The van der Waals surface area contributed by atoms with Gasteiger partial charge in [0.05, 0.1) is 30.4 Å². The van der Waals surface area contributed by atoms with Crippen LogP contribution in [0.25, 0.3) is 0 Å². The quantitative estimate of drug-likeness (QED) is 0.342. The smallest absolute Gasteiger partial charge is 0.229 e. The van der Waals surface area contributed by atoms with E-state index >= 15 is 0 Å². The highest BCUT2D eigenvalue weighted by Crippen LogP contribution is 2.36. The van der Waals surface area contributed by atoms with Gasteiger partial charge < -0.3 is 39.9 Å². The fourth-order valence-corrected chi connectivity index (χ4v) is 5.91. The van der Waals surface area contributed by atoms with Gasteiger partial charge in [-0.2, -0.15) is 4.98 Å². The van der Waals surface area contributed by atoms with E-state index in [2.05, 4.69) is 30.4 Å². The number of methoxy groups -OCH3 is 1. The van der Waals surface area contributed by atoms with Crippen LogP contribution in [0.2, 0.25) is 5.02 Å². The van der Waals surface area contributed by atoms with E-state index in [-0.39, 0.29) is 17.7 Å². The van der Waals surface area contributed by atoms with Gasteiger partial charge in [-0.25, -0.2) is 4.98 Å². The third-order valence-electron chi connectivity index (χ3n) is 8.63. The molecule has 250 valence electrons. The minimum Gasteiger partial charge on any atom is -0.494 e. The second-order valence-corrected chi connectivity index (χ2v) is 11.9. The van der Waals surface area contributed by atoms with Crippen LogP contribution >= 0.6 is 11.6 Å². The number of amides is 3. The second kappa shape index (κ2) is 14.8. The zero-order chi connectivity index (χ0) is 33.7. The Labute approximate surface area is 280 Å². The number of anilines is 7. The molecule has 0 saturated carbocycles. The number of hydrogen-bond donors (Lipinski definition) is 2. The predicted molar refractivity (Wildman–Crippen MR) is 186 cm³/mol. The topological polar surface area (TPSA) is 126 Å². The molecule has 0 bridgehead atoms. The molecule has 2 aliphatic heterocycles. The van der Waals surface area contributed by atoms with E-state index in [1.165, 1.54) is 6.20 Å². The van der Waals surface area contributed by atoms with Gasteiger partial charge >= 0.3 is 0 Å². The number of carbonyl (C=O) groups is 3. The van der Waals surface area contributed by atoms with E-state index in [0.717, 1.165) is 24.5 Å². The lowest BCUT2D eigenvalue weighted by atomic mass is 10.1. The second-order valence-electron chi connectivity index (χ2n) is 11.5. The molecule has 13 nitrogen and oxygen atoms in total. The molecule has 0 spiro atoms.